The summed E-state index contributed by atoms with van der Waals surface area (Å²) in [6, 6.07) is 16.0. The Bertz CT molecular complexity index is 2880. The van der Waals surface area contributed by atoms with E-state index in [9.17, 15) is 60.8 Å². The van der Waals surface area contributed by atoms with Gasteiger partial charge in [0.2, 0.25) is 0 Å². The number of anilines is 2. The number of urea groups is 1. The third-order valence-corrected chi connectivity index (χ3v) is 10.3. The number of nitrogens with one attached hydrogen (secondary N) is 2. The largest absolute Gasteiger partial charge is 0.505 e. The Hall–Kier alpha value is -7.73. The summed E-state index contributed by atoms with van der Waals surface area (Å²) in [7, 11) is -7.63. The number of hydrogen-bond acceptors (Lipinski definition) is 15. The van der Waals surface area contributed by atoms with E-state index in [1.807, 2.05) is 0 Å². The average molecular weight is 861 g/mol. The first-order valence-corrected chi connectivity index (χ1v) is 19.5. The number of carbonyl (C=O) groups is 3. The molecule has 0 atom stereocenters. The molecule has 0 fully saturated rings. The number of phenolic OH excluding ortho intramolecular Hbond substituents is 2. The molecule has 0 spiro atoms. The molecule has 0 unspecified atom stereocenters. The first-order chi connectivity index (χ1) is 28.3. The van der Waals surface area contributed by atoms with Gasteiger partial charge in [-0.1, -0.05) is 0 Å². The van der Waals surface area contributed by atoms with E-state index in [0.29, 0.717) is 0 Å². The van der Waals surface area contributed by atoms with E-state index in [1.54, 1.807) is 0 Å². The Morgan fingerprint density at radius 1 is 0.550 bits per heavy atom. The van der Waals surface area contributed by atoms with Gasteiger partial charge in [-0.25, -0.2) is 14.4 Å². The average Bonchev–Trinajstić information content (AvgIpc) is 3.18. The predicted octanol–water partition coefficient (Wildman–Crippen LogP) is 7.79. The van der Waals surface area contributed by atoms with Crippen molar-refractivity contribution in [3.63, 3.8) is 0 Å². The van der Waals surface area contributed by atoms with Crippen LogP contribution in [0.15, 0.2) is 115 Å². The van der Waals surface area contributed by atoms with Gasteiger partial charge in [-0.05, 0) is 95.7 Å². The van der Waals surface area contributed by atoms with Gasteiger partial charge in [-0.3, -0.25) is 9.11 Å². The topological polar surface area (TPSA) is 333 Å². The summed E-state index contributed by atoms with van der Waals surface area (Å²) < 4.78 is 79.9. The molecule has 0 saturated carbocycles. The number of aromatic hydroxyl groups is 2. The zero-order valence-electron chi connectivity index (χ0n) is 30.5. The molecule has 308 valence electrons. The van der Waals surface area contributed by atoms with Crippen LogP contribution in [0.1, 0.15) is 20.7 Å². The van der Waals surface area contributed by atoms with E-state index in [4.69, 9.17) is 9.47 Å². The zero-order chi connectivity index (χ0) is 43.7. The fourth-order valence-electron chi connectivity index (χ4n) is 5.73. The Morgan fingerprint density at radius 2 is 0.933 bits per heavy atom. The van der Waals surface area contributed by atoms with E-state index in [1.165, 1.54) is 74.9 Å². The van der Waals surface area contributed by atoms with Crippen LogP contribution in [0.3, 0.4) is 0 Å². The van der Waals surface area contributed by atoms with E-state index in [2.05, 4.69) is 31.1 Å². The van der Waals surface area contributed by atoms with Gasteiger partial charge in [0, 0.05) is 22.1 Å². The molecule has 2 amide bonds. The van der Waals surface area contributed by atoms with Crippen LogP contribution in [-0.2, 0) is 20.2 Å². The van der Waals surface area contributed by atoms with E-state index in [-0.39, 0.29) is 66.9 Å². The highest BCUT2D eigenvalue weighted by Gasteiger charge is 2.24. The number of nitrogens with zero attached hydrogens (tertiary/aromatic N) is 4. The number of fused-ring (bicyclic) bond motifs is 2. The summed E-state index contributed by atoms with van der Waals surface area (Å²) in [4.78, 5) is 34.0. The van der Waals surface area contributed by atoms with Crippen LogP contribution in [0.25, 0.3) is 21.5 Å². The molecule has 0 aliphatic rings. The van der Waals surface area contributed by atoms with Crippen molar-refractivity contribution in [3.05, 3.63) is 96.1 Å². The van der Waals surface area contributed by atoms with E-state index in [0.717, 1.165) is 24.3 Å². The number of carbonyl (C=O) groups excluding carboxylic acids is 1. The second-order valence-electron chi connectivity index (χ2n) is 12.3. The van der Waals surface area contributed by atoms with Crippen molar-refractivity contribution in [1.82, 2.24) is 0 Å². The number of ether oxygens (including phenoxy) is 2. The molecular weight excluding hydrogens is 833 g/mol. The predicted molar refractivity (Wildman–Crippen MR) is 212 cm³/mol. The summed E-state index contributed by atoms with van der Waals surface area (Å²) in [6.45, 7) is 0. The summed E-state index contributed by atoms with van der Waals surface area (Å²) in [6.07, 6.45) is 0. The summed E-state index contributed by atoms with van der Waals surface area (Å²) in [5.74, 6) is -4.01. The Labute approximate surface area is 337 Å². The van der Waals surface area contributed by atoms with Crippen molar-refractivity contribution in [1.29, 1.82) is 0 Å². The molecule has 6 aromatic rings. The van der Waals surface area contributed by atoms with Gasteiger partial charge in [-0.15, -0.1) is 20.5 Å². The van der Waals surface area contributed by atoms with Gasteiger partial charge in [0.25, 0.3) is 20.2 Å². The molecule has 0 bridgehead atoms. The standard InChI is InChI=1S/C37H28N6O15S2/c1-57-27-13-17(35(46)47)3-9-25(27)40-42-31-29(59(51,52)53)15-19-11-21(5-7-23(19)33(31)44)38-37(50)39-22-6-8-24-20(12-22)16-30(60(54,55)56)32(34(24)45)43-41-26-10-4-18(36(48)49)14-28(26)58-2/h3-16,44-45H,1-2H3,(H,46,47)(H,48,49)(H2,38,39,50)(H,51,52,53)(H,54,55,56). The lowest BCUT2D eigenvalue weighted by Gasteiger charge is -2.13. The number of carboxylic acids is 2. The van der Waals surface area contributed by atoms with Gasteiger partial charge in [0.15, 0.2) is 11.5 Å². The normalized spacial score (nSPS) is 11.9. The van der Waals surface area contributed by atoms with Gasteiger partial charge in [0.05, 0.1) is 25.3 Å². The maximum atomic E-state index is 13.1. The number of hydrogen-bond donors (Lipinski definition) is 8. The van der Waals surface area contributed by atoms with Gasteiger partial charge in [-0.2, -0.15) is 16.8 Å². The lowest BCUT2D eigenvalue weighted by atomic mass is 10.1. The van der Waals surface area contributed by atoms with Crippen LogP contribution < -0.4 is 20.1 Å². The SMILES string of the molecule is COc1cc(C(=O)O)ccc1N=Nc1c(S(=O)(=O)O)cc2cc(NC(=O)Nc3ccc4c(O)c(N=Nc5ccc(C(=O)O)cc5OC)c(S(=O)(=O)O)cc4c3)ccc2c1O. The minimum atomic E-state index is -5.05. The lowest BCUT2D eigenvalue weighted by molar-refractivity contribution is 0.0686. The van der Waals surface area contributed by atoms with Crippen molar-refractivity contribution in [2.45, 2.75) is 9.79 Å². The number of amides is 2. The van der Waals surface area contributed by atoms with Crippen molar-refractivity contribution >= 4 is 93.9 Å². The highest BCUT2D eigenvalue weighted by molar-refractivity contribution is 7.86. The van der Waals surface area contributed by atoms with Crippen LogP contribution in [0.2, 0.25) is 0 Å². The molecule has 6 rings (SSSR count). The molecule has 0 radical (unpaired) electrons. The monoisotopic (exact) mass is 860 g/mol. The van der Waals surface area contributed by atoms with Crippen LogP contribution in [0.5, 0.6) is 23.0 Å². The molecule has 0 saturated heterocycles. The fourth-order valence-corrected chi connectivity index (χ4v) is 7.05. The third-order valence-electron chi connectivity index (χ3n) is 8.54. The lowest BCUT2D eigenvalue weighted by Crippen LogP contribution is -2.19. The molecule has 21 nitrogen and oxygen atoms in total. The summed E-state index contributed by atoms with van der Waals surface area (Å²) >= 11 is 0. The highest BCUT2D eigenvalue weighted by atomic mass is 32.2. The quantitative estimate of drug-likeness (QED) is 0.0430. The van der Waals surface area contributed by atoms with Crippen LogP contribution in [0.4, 0.5) is 38.9 Å². The Balaban J connectivity index is 1.27. The maximum absolute atomic E-state index is 13.1. The smallest absolute Gasteiger partial charge is 0.335 e. The second kappa shape index (κ2) is 16.3. The first-order valence-electron chi connectivity index (χ1n) is 16.6. The summed E-state index contributed by atoms with van der Waals surface area (Å²) in [5.41, 5.74) is -1.52. The molecule has 60 heavy (non-hydrogen) atoms. The molecule has 0 aliphatic heterocycles. The number of azo groups is 2. The first kappa shape index (κ1) is 41.9. The van der Waals surface area contributed by atoms with E-state index < -0.39 is 70.9 Å². The summed E-state index contributed by atoms with van der Waals surface area (Å²) in [5, 5.41) is 61.1. The van der Waals surface area contributed by atoms with Crippen molar-refractivity contribution in [2.75, 3.05) is 24.9 Å². The fraction of sp³-hybridized carbons (Fsp3) is 0.0541. The van der Waals surface area contributed by atoms with E-state index >= 15 is 0 Å². The number of aromatic carboxylic acids is 2. The molecule has 0 heterocycles. The van der Waals surface area contributed by atoms with Crippen LogP contribution >= 0.6 is 0 Å². The molecule has 0 aromatic heterocycles. The molecule has 6 aromatic carbocycles. The molecular formula is C37H28N6O15S2. The van der Waals surface area contributed by atoms with Gasteiger partial charge < -0.3 is 40.5 Å². The molecule has 0 aliphatic carbocycles. The zero-order valence-corrected chi connectivity index (χ0v) is 32.2. The minimum Gasteiger partial charge on any atom is -0.505 e. The third kappa shape index (κ3) is 8.72. The highest BCUT2D eigenvalue weighted by Crippen LogP contribution is 2.44. The number of methoxy groups -OCH3 is 2. The number of phenols is 2. The van der Waals surface area contributed by atoms with Crippen LogP contribution in [-0.4, -0.2) is 78.6 Å². The second-order valence-corrected chi connectivity index (χ2v) is 15.1. The van der Waals surface area contributed by atoms with Crippen molar-refractivity contribution in [3.8, 4) is 23.0 Å². The number of rotatable bonds is 12. The number of benzene rings is 6. The van der Waals surface area contributed by atoms with Crippen LogP contribution in [0, 0.1) is 0 Å². The van der Waals surface area contributed by atoms with Crippen molar-refractivity contribution < 1.29 is 70.2 Å². The number of carboxylic acid groups (broad SMARTS) is 2. The Morgan fingerprint density at radius 3 is 1.27 bits per heavy atom. The Kier molecular flexibility index (Phi) is 11.4. The molecule has 8 N–H and O–H groups in total. The molecule has 23 heteroatoms. The maximum Gasteiger partial charge on any atom is 0.335 e. The van der Waals surface area contributed by atoms with Crippen molar-refractivity contribution in [2.24, 2.45) is 20.5 Å². The van der Waals surface area contributed by atoms with Gasteiger partial charge in [0.1, 0.15) is 44.0 Å². The minimum absolute atomic E-state index is 0.0165. The van der Waals surface area contributed by atoms with Gasteiger partial charge >= 0.3 is 18.0 Å².